The lowest BCUT2D eigenvalue weighted by atomic mass is 9.88. The molecule has 2 aromatic carbocycles. The zero-order valence-electron chi connectivity index (χ0n) is 18.9. The minimum atomic E-state index is 0.633. The van der Waals surface area contributed by atoms with E-state index in [1.54, 1.807) is 0 Å². The number of fused-ring (bicyclic) bond motifs is 1. The van der Waals surface area contributed by atoms with Crippen molar-refractivity contribution in [2.45, 2.75) is 25.7 Å². The van der Waals surface area contributed by atoms with Crippen molar-refractivity contribution < 1.29 is 0 Å². The number of pyridine rings is 1. The van der Waals surface area contributed by atoms with Gasteiger partial charge in [0.15, 0.2) is 0 Å². The van der Waals surface area contributed by atoms with Crippen molar-refractivity contribution in [3.63, 3.8) is 0 Å². The molecule has 0 radical (unpaired) electrons. The number of benzene rings is 2. The topological polar surface area (TPSA) is 56.8 Å². The lowest BCUT2D eigenvalue weighted by Gasteiger charge is -2.32. The van der Waals surface area contributed by atoms with Crippen LogP contribution in [0, 0.1) is 6.92 Å². The van der Waals surface area contributed by atoms with Crippen LogP contribution >= 0.6 is 0 Å². The Balaban J connectivity index is 1.36. The van der Waals surface area contributed by atoms with Crippen LogP contribution in [0.15, 0.2) is 60.8 Å². The molecule has 2 N–H and O–H groups in total. The lowest BCUT2D eigenvalue weighted by molar-refractivity contribution is 0.214. The van der Waals surface area contributed by atoms with E-state index in [0.717, 1.165) is 46.8 Å². The highest BCUT2D eigenvalue weighted by molar-refractivity contribution is 5.83. The van der Waals surface area contributed by atoms with Crippen molar-refractivity contribution in [1.82, 2.24) is 25.2 Å². The number of aryl methyl sites for hydroxylation is 1. The normalized spacial score (nSPS) is 15.4. The summed E-state index contributed by atoms with van der Waals surface area (Å²) in [7, 11) is 2.03. The number of nitrogens with one attached hydrogen (secondary N) is 2. The van der Waals surface area contributed by atoms with E-state index in [4.69, 9.17) is 4.98 Å². The van der Waals surface area contributed by atoms with Gasteiger partial charge in [-0.05, 0) is 75.1 Å². The third-order valence-corrected chi connectivity index (χ3v) is 6.66. The third-order valence-electron chi connectivity index (χ3n) is 6.66. The Morgan fingerprint density at radius 1 is 1.03 bits per heavy atom. The molecule has 1 aliphatic rings. The molecule has 0 atom stereocenters. The SMILES string of the molecule is CNCCN1CCC(c2cc(C)c3nc(-c4ccc(-c5ccccn5)cc4)[nH]c3c2)CC1. The molecule has 3 heterocycles. The Morgan fingerprint density at radius 3 is 2.53 bits per heavy atom. The van der Waals surface area contributed by atoms with E-state index in [2.05, 4.69) is 63.5 Å². The number of hydrogen-bond donors (Lipinski definition) is 2. The molecule has 1 aliphatic heterocycles. The van der Waals surface area contributed by atoms with Gasteiger partial charge < -0.3 is 15.2 Å². The Hall–Kier alpha value is -3.02. The van der Waals surface area contributed by atoms with Gasteiger partial charge in [-0.25, -0.2) is 4.98 Å². The maximum atomic E-state index is 4.93. The predicted octanol–water partition coefficient (Wildman–Crippen LogP) is 5.00. The van der Waals surface area contributed by atoms with Gasteiger partial charge in [-0.3, -0.25) is 4.98 Å². The lowest BCUT2D eigenvalue weighted by Crippen LogP contribution is -2.37. The van der Waals surface area contributed by atoms with E-state index in [1.807, 2.05) is 31.4 Å². The Bertz CT molecular complexity index is 1170. The molecule has 0 saturated carbocycles. The zero-order valence-corrected chi connectivity index (χ0v) is 18.9. The van der Waals surface area contributed by atoms with Crippen LogP contribution in [0.2, 0.25) is 0 Å². The molecule has 5 heteroatoms. The highest BCUT2D eigenvalue weighted by Crippen LogP contribution is 2.32. The molecular weight excluding hydrogens is 394 g/mol. The first-order chi connectivity index (χ1) is 15.7. The molecule has 0 aliphatic carbocycles. The van der Waals surface area contributed by atoms with Gasteiger partial charge in [0.2, 0.25) is 0 Å². The summed E-state index contributed by atoms with van der Waals surface area (Å²) in [5.41, 5.74) is 8.11. The number of aromatic amines is 1. The number of imidazole rings is 1. The van der Waals surface area contributed by atoms with Gasteiger partial charge in [0.05, 0.1) is 16.7 Å². The minimum Gasteiger partial charge on any atom is -0.338 e. The standard InChI is InChI=1S/C27H31N5/c1-19-17-23(20-10-14-32(15-11-20)16-13-28-2)18-25-26(19)31-27(30-25)22-8-6-21(7-9-22)24-5-3-4-12-29-24/h3-9,12,17-18,20,28H,10-11,13-16H2,1-2H3,(H,30,31). The van der Waals surface area contributed by atoms with Gasteiger partial charge in [-0.2, -0.15) is 0 Å². The first-order valence-electron chi connectivity index (χ1n) is 11.6. The van der Waals surface area contributed by atoms with Gasteiger partial charge in [0, 0.05) is 30.4 Å². The van der Waals surface area contributed by atoms with E-state index in [9.17, 15) is 0 Å². The molecule has 1 fully saturated rings. The molecule has 0 amide bonds. The predicted molar refractivity (Wildman–Crippen MR) is 132 cm³/mol. The molecule has 0 bridgehead atoms. The maximum Gasteiger partial charge on any atom is 0.138 e. The number of likely N-dealkylation sites (N-methyl/N-ethyl adjacent to an activating group) is 1. The van der Waals surface area contributed by atoms with Crippen molar-refractivity contribution in [3.8, 4) is 22.6 Å². The van der Waals surface area contributed by atoms with E-state index >= 15 is 0 Å². The molecule has 5 rings (SSSR count). The Labute approximate surface area is 189 Å². The monoisotopic (exact) mass is 425 g/mol. The van der Waals surface area contributed by atoms with Gasteiger partial charge >= 0.3 is 0 Å². The molecule has 0 spiro atoms. The van der Waals surface area contributed by atoms with Crippen LogP contribution in [0.25, 0.3) is 33.7 Å². The highest BCUT2D eigenvalue weighted by atomic mass is 15.1. The quantitative estimate of drug-likeness (QED) is 0.456. The fourth-order valence-corrected chi connectivity index (χ4v) is 4.78. The second-order valence-electron chi connectivity index (χ2n) is 8.83. The summed E-state index contributed by atoms with van der Waals surface area (Å²) < 4.78 is 0. The van der Waals surface area contributed by atoms with E-state index in [-0.39, 0.29) is 0 Å². The largest absolute Gasteiger partial charge is 0.338 e. The molecule has 1 saturated heterocycles. The highest BCUT2D eigenvalue weighted by Gasteiger charge is 2.21. The van der Waals surface area contributed by atoms with E-state index in [0.29, 0.717) is 5.92 Å². The molecule has 2 aromatic heterocycles. The van der Waals surface area contributed by atoms with Crippen LogP contribution in [0.1, 0.15) is 29.9 Å². The summed E-state index contributed by atoms with van der Waals surface area (Å²) in [6, 6.07) is 19.2. The Morgan fingerprint density at radius 2 is 1.81 bits per heavy atom. The van der Waals surface area contributed by atoms with Gasteiger partial charge in [0.25, 0.3) is 0 Å². The number of piperidine rings is 1. The van der Waals surface area contributed by atoms with Crippen molar-refractivity contribution in [1.29, 1.82) is 0 Å². The van der Waals surface area contributed by atoms with Crippen LogP contribution in [-0.4, -0.2) is 53.1 Å². The fraction of sp³-hybridized carbons (Fsp3) is 0.333. The second-order valence-corrected chi connectivity index (χ2v) is 8.83. The van der Waals surface area contributed by atoms with Crippen molar-refractivity contribution in [2.24, 2.45) is 0 Å². The zero-order chi connectivity index (χ0) is 21.9. The average molecular weight is 426 g/mol. The second kappa shape index (κ2) is 9.23. The summed E-state index contributed by atoms with van der Waals surface area (Å²) in [6.07, 6.45) is 4.28. The number of likely N-dealkylation sites (tertiary alicyclic amines) is 1. The number of rotatable bonds is 6. The summed E-state index contributed by atoms with van der Waals surface area (Å²) >= 11 is 0. The summed E-state index contributed by atoms with van der Waals surface area (Å²) in [6.45, 7) is 6.75. The van der Waals surface area contributed by atoms with Crippen molar-refractivity contribution in [2.75, 3.05) is 33.2 Å². The Kier molecular flexibility index (Phi) is 6.02. The number of nitrogens with zero attached hydrogens (tertiary/aromatic N) is 3. The van der Waals surface area contributed by atoms with Crippen molar-refractivity contribution in [3.05, 3.63) is 71.9 Å². The van der Waals surface area contributed by atoms with Gasteiger partial charge in [-0.15, -0.1) is 0 Å². The van der Waals surface area contributed by atoms with Crippen LogP contribution in [0.3, 0.4) is 0 Å². The number of hydrogen-bond acceptors (Lipinski definition) is 4. The summed E-state index contributed by atoms with van der Waals surface area (Å²) in [5.74, 6) is 1.56. The van der Waals surface area contributed by atoms with Gasteiger partial charge in [0.1, 0.15) is 5.82 Å². The molecule has 4 aromatic rings. The maximum absolute atomic E-state index is 4.93. The van der Waals surface area contributed by atoms with Crippen LogP contribution in [-0.2, 0) is 0 Å². The summed E-state index contributed by atoms with van der Waals surface area (Å²) in [4.78, 5) is 15.5. The third kappa shape index (κ3) is 4.31. The van der Waals surface area contributed by atoms with Crippen LogP contribution < -0.4 is 5.32 Å². The van der Waals surface area contributed by atoms with Crippen molar-refractivity contribution >= 4 is 11.0 Å². The van der Waals surface area contributed by atoms with Crippen LogP contribution in [0.4, 0.5) is 0 Å². The molecule has 5 nitrogen and oxygen atoms in total. The summed E-state index contributed by atoms with van der Waals surface area (Å²) in [5, 5.41) is 3.26. The molecular formula is C27H31N5. The van der Waals surface area contributed by atoms with E-state index < -0.39 is 0 Å². The molecule has 164 valence electrons. The van der Waals surface area contributed by atoms with E-state index in [1.165, 1.54) is 37.1 Å². The number of aromatic nitrogens is 3. The first-order valence-corrected chi connectivity index (χ1v) is 11.6. The fourth-order valence-electron chi connectivity index (χ4n) is 4.78. The molecule has 0 unspecified atom stereocenters. The average Bonchev–Trinajstić information content (AvgIpc) is 3.29. The molecule has 32 heavy (non-hydrogen) atoms. The minimum absolute atomic E-state index is 0.633. The van der Waals surface area contributed by atoms with Gasteiger partial charge in [-0.1, -0.05) is 36.4 Å². The first kappa shape index (κ1) is 20.9. The number of H-pyrrole nitrogens is 1. The van der Waals surface area contributed by atoms with Crippen LogP contribution in [0.5, 0.6) is 0 Å². The smallest absolute Gasteiger partial charge is 0.138 e.